The van der Waals surface area contributed by atoms with Crippen molar-refractivity contribution in [2.24, 2.45) is 0 Å². The summed E-state index contributed by atoms with van der Waals surface area (Å²) in [4.78, 5) is 17.6. The van der Waals surface area contributed by atoms with Gasteiger partial charge in [-0.15, -0.1) is 0 Å². The van der Waals surface area contributed by atoms with E-state index in [1.165, 1.54) is 0 Å². The number of hydrogen-bond acceptors (Lipinski definition) is 6. The molecule has 0 atom stereocenters. The average molecular weight is 428 g/mol. The van der Waals surface area contributed by atoms with Gasteiger partial charge in [0, 0.05) is 17.2 Å². The highest BCUT2D eigenvalue weighted by Crippen LogP contribution is 2.12. The van der Waals surface area contributed by atoms with E-state index < -0.39 is 10.1 Å². The fraction of sp³-hybridized carbons (Fsp3) is 0.250. The standard InChI is InChI=1S/C16H18BrN3O4S/c1-20(12-16(21)19-15-8-7-13(17)11-18-15)9-10-25(22,23)24-14-5-3-2-4-6-14/h2-8,11H,9-10,12H2,1H3,(H,18,19,21). The number of anilines is 1. The van der Waals surface area contributed by atoms with E-state index in [4.69, 9.17) is 4.18 Å². The first-order valence-corrected chi connectivity index (χ1v) is 9.78. The molecule has 1 aromatic heterocycles. The molecule has 2 rings (SSSR count). The lowest BCUT2D eigenvalue weighted by Crippen LogP contribution is -2.34. The van der Waals surface area contributed by atoms with Gasteiger partial charge < -0.3 is 9.50 Å². The second kappa shape index (κ2) is 8.93. The van der Waals surface area contributed by atoms with Crippen LogP contribution in [0, 0.1) is 0 Å². The van der Waals surface area contributed by atoms with Crippen molar-refractivity contribution in [1.82, 2.24) is 9.88 Å². The molecule has 0 saturated carbocycles. The van der Waals surface area contributed by atoms with Crippen molar-refractivity contribution in [3.63, 3.8) is 0 Å². The minimum Gasteiger partial charge on any atom is -0.382 e. The van der Waals surface area contributed by atoms with E-state index in [9.17, 15) is 13.2 Å². The maximum Gasteiger partial charge on any atom is 0.310 e. The van der Waals surface area contributed by atoms with Crippen LogP contribution in [0.5, 0.6) is 5.75 Å². The lowest BCUT2D eigenvalue weighted by Gasteiger charge is -2.16. The number of rotatable bonds is 8. The zero-order valence-corrected chi connectivity index (χ0v) is 16.0. The molecule has 0 aliphatic carbocycles. The highest BCUT2D eigenvalue weighted by molar-refractivity contribution is 9.10. The Hall–Kier alpha value is -1.97. The third-order valence-corrected chi connectivity index (χ3v) is 4.70. The number of halogens is 1. The van der Waals surface area contributed by atoms with Crippen LogP contribution in [0.4, 0.5) is 5.82 Å². The van der Waals surface area contributed by atoms with Crippen molar-refractivity contribution in [2.75, 3.05) is 31.2 Å². The first kappa shape index (κ1) is 19.4. The molecule has 0 radical (unpaired) electrons. The second-order valence-corrected chi connectivity index (χ2v) is 7.91. The van der Waals surface area contributed by atoms with E-state index in [1.54, 1.807) is 60.6 Å². The maximum absolute atomic E-state index is 11.9. The third kappa shape index (κ3) is 7.20. The minimum absolute atomic E-state index is 0.0403. The summed E-state index contributed by atoms with van der Waals surface area (Å²) in [6.07, 6.45) is 1.58. The zero-order chi connectivity index (χ0) is 18.3. The predicted molar refractivity (Wildman–Crippen MR) is 98.9 cm³/mol. The number of carbonyl (C=O) groups excluding carboxylic acids is 1. The molecule has 0 aliphatic rings. The number of amides is 1. The number of benzene rings is 1. The number of carbonyl (C=O) groups is 1. The van der Waals surface area contributed by atoms with Crippen LogP contribution in [0.1, 0.15) is 0 Å². The summed E-state index contributed by atoms with van der Waals surface area (Å²) in [7, 11) is -2.06. The van der Waals surface area contributed by atoms with Crippen molar-refractivity contribution >= 4 is 37.8 Å². The first-order chi connectivity index (χ1) is 11.8. The summed E-state index contributed by atoms with van der Waals surface area (Å²) in [6.45, 7) is 0.203. The van der Waals surface area contributed by atoms with Crippen LogP contribution in [-0.2, 0) is 14.9 Å². The average Bonchev–Trinajstić information content (AvgIpc) is 2.56. The van der Waals surface area contributed by atoms with E-state index in [-0.39, 0.29) is 30.5 Å². The van der Waals surface area contributed by atoms with Gasteiger partial charge in [0.2, 0.25) is 5.91 Å². The van der Waals surface area contributed by atoms with Gasteiger partial charge in [-0.05, 0) is 47.2 Å². The summed E-state index contributed by atoms with van der Waals surface area (Å²) in [5.41, 5.74) is 0. The zero-order valence-electron chi connectivity index (χ0n) is 13.6. The molecule has 0 unspecified atom stereocenters. The van der Waals surface area contributed by atoms with E-state index in [1.807, 2.05) is 0 Å². The molecule has 9 heteroatoms. The molecular formula is C16H18BrN3O4S. The second-order valence-electron chi connectivity index (χ2n) is 5.31. The number of likely N-dealkylation sites (N-methyl/N-ethyl adjacent to an activating group) is 1. The quantitative estimate of drug-likeness (QED) is 0.649. The molecule has 25 heavy (non-hydrogen) atoms. The van der Waals surface area contributed by atoms with Crippen molar-refractivity contribution < 1.29 is 17.4 Å². The minimum atomic E-state index is -3.72. The van der Waals surface area contributed by atoms with E-state index in [2.05, 4.69) is 26.2 Å². The van der Waals surface area contributed by atoms with Crippen molar-refractivity contribution in [3.05, 3.63) is 53.1 Å². The molecular weight excluding hydrogens is 410 g/mol. The van der Waals surface area contributed by atoms with Crippen molar-refractivity contribution in [2.45, 2.75) is 0 Å². The van der Waals surface area contributed by atoms with Gasteiger partial charge in [-0.1, -0.05) is 18.2 Å². The number of hydrogen-bond donors (Lipinski definition) is 1. The number of nitrogens with zero attached hydrogens (tertiary/aromatic N) is 2. The number of para-hydroxylation sites is 1. The molecule has 0 bridgehead atoms. The molecule has 1 aromatic carbocycles. The molecule has 0 aliphatic heterocycles. The van der Waals surface area contributed by atoms with E-state index in [0.717, 1.165) is 4.47 Å². The fourth-order valence-electron chi connectivity index (χ4n) is 1.89. The molecule has 0 fully saturated rings. The van der Waals surface area contributed by atoms with Gasteiger partial charge in [-0.2, -0.15) is 8.42 Å². The Labute approximate surface area is 155 Å². The summed E-state index contributed by atoms with van der Waals surface area (Å²) in [5.74, 6) is 0.201. The van der Waals surface area contributed by atoms with Crippen LogP contribution in [-0.4, -0.2) is 50.1 Å². The van der Waals surface area contributed by atoms with Crippen LogP contribution >= 0.6 is 15.9 Å². The smallest absolute Gasteiger partial charge is 0.310 e. The summed E-state index contributed by atoms with van der Waals surface area (Å²) < 4.78 is 29.7. The van der Waals surface area contributed by atoms with Gasteiger partial charge in [0.15, 0.2) is 0 Å². The summed E-state index contributed by atoms with van der Waals surface area (Å²) in [6, 6.07) is 11.7. The van der Waals surface area contributed by atoms with Gasteiger partial charge in [-0.3, -0.25) is 9.69 Å². The maximum atomic E-state index is 11.9. The number of aromatic nitrogens is 1. The molecule has 134 valence electrons. The van der Waals surface area contributed by atoms with Gasteiger partial charge in [-0.25, -0.2) is 4.98 Å². The number of pyridine rings is 1. The first-order valence-electron chi connectivity index (χ1n) is 7.41. The van der Waals surface area contributed by atoms with Crippen LogP contribution in [0.15, 0.2) is 53.1 Å². The molecule has 7 nitrogen and oxygen atoms in total. The Morgan fingerprint density at radius 1 is 1.24 bits per heavy atom. The highest BCUT2D eigenvalue weighted by atomic mass is 79.9. The van der Waals surface area contributed by atoms with Gasteiger partial charge in [0.05, 0.1) is 12.3 Å². The van der Waals surface area contributed by atoms with Crippen molar-refractivity contribution in [3.8, 4) is 5.75 Å². The fourth-order valence-corrected chi connectivity index (χ4v) is 3.15. The SMILES string of the molecule is CN(CCS(=O)(=O)Oc1ccccc1)CC(=O)Nc1ccc(Br)cn1. The molecule has 0 spiro atoms. The molecule has 1 amide bonds. The van der Waals surface area contributed by atoms with E-state index in [0.29, 0.717) is 5.82 Å². The Balaban J connectivity index is 1.78. The Morgan fingerprint density at radius 2 is 1.96 bits per heavy atom. The van der Waals surface area contributed by atoms with Crippen LogP contribution in [0.2, 0.25) is 0 Å². The third-order valence-electron chi connectivity index (χ3n) is 3.10. The van der Waals surface area contributed by atoms with Crippen LogP contribution < -0.4 is 9.50 Å². The summed E-state index contributed by atoms with van der Waals surface area (Å²) in [5, 5.41) is 2.64. The van der Waals surface area contributed by atoms with Gasteiger partial charge in [0.1, 0.15) is 11.6 Å². The monoisotopic (exact) mass is 427 g/mol. The molecule has 1 N–H and O–H groups in total. The lowest BCUT2D eigenvalue weighted by molar-refractivity contribution is -0.117. The Kier molecular flexibility index (Phi) is 6.91. The molecule has 2 aromatic rings. The topological polar surface area (TPSA) is 88.6 Å². The lowest BCUT2D eigenvalue weighted by atomic mass is 10.3. The normalized spacial score (nSPS) is 11.3. The Bertz CT molecular complexity index is 798. The Morgan fingerprint density at radius 3 is 2.60 bits per heavy atom. The van der Waals surface area contributed by atoms with E-state index >= 15 is 0 Å². The van der Waals surface area contributed by atoms with Gasteiger partial charge in [0.25, 0.3) is 0 Å². The molecule has 1 heterocycles. The largest absolute Gasteiger partial charge is 0.382 e. The van der Waals surface area contributed by atoms with Crippen molar-refractivity contribution in [1.29, 1.82) is 0 Å². The highest BCUT2D eigenvalue weighted by Gasteiger charge is 2.15. The summed E-state index contributed by atoms with van der Waals surface area (Å²) >= 11 is 3.26. The number of nitrogens with one attached hydrogen (secondary N) is 1. The predicted octanol–water partition coefficient (Wildman–Crippen LogP) is 2.12. The molecule has 0 saturated heterocycles. The van der Waals surface area contributed by atoms with Crippen LogP contribution in [0.3, 0.4) is 0 Å². The van der Waals surface area contributed by atoms with Gasteiger partial charge >= 0.3 is 10.1 Å². The van der Waals surface area contributed by atoms with Crippen LogP contribution in [0.25, 0.3) is 0 Å².